The standard InChI is InChI=1S/C14H20O2/c1-5-15-14(3,4)11-12(2)16-13-9-7-6-8-10-13/h5-10,12H,1,11H2,2-4H3/t12-/m0/s1. The SMILES string of the molecule is C=COC(C)(C)C[C@H](C)Oc1ccccc1. The minimum atomic E-state index is -0.240. The van der Waals surface area contributed by atoms with Gasteiger partial charge in [-0.1, -0.05) is 24.8 Å². The van der Waals surface area contributed by atoms with Crippen LogP contribution in [0.5, 0.6) is 5.75 Å². The molecule has 88 valence electrons. The predicted octanol–water partition coefficient (Wildman–Crippen LogP) is 3.78. The van der Waals surface area contributed by atoms with E-state index in [4.69, 9.17) is 9.47 Å². The fourth-order valence-electron chi connectivity index (χ4n) is 1.74. The highest BCUT2D eigenvalue weighted by molar-refractivity contribution is 5.21. The Balaban J connectivity index is 2.47. The zero-order chi connectivity index (χ0) is 12.0. The average Bonchev–Trinajstić information content (AvgIpc) is 2.17. The average molecular weight is 220 g/mol. The van der Waals surface area contributed by atoms with Gasteiger partial charge >= 0.3 is 0 Å². The van der Waals surface area contributed by atoms with Gasteiger partial charge in [-0.05, 0) is 32.9 Å². The minimum absolute atomic E-state index is 0.109. The molecular formula is C14H20O2. The zero-order valence-corrected chi connectivity index (χ0v) is 10.3. The Morgan fingerprint density at radius 2 is 1.94 bits per heavy atom. The van der Waals surface area contributed by atoms with Crippen LogP contribution in [-0.4, -0.2) is 11.7 Å². The van der Waals surface area contributed by atoms with Crippen molar-refractivity contribution < 1.29 is 9.47 Å². The molecule has 1 aromatic rings. The monoisotopic (exact) mass is 220 g/mol. The summed E-state index contributed by atoms with van der Waals surface area (Å²) in [6.07, 6.45) is 2.40. The molecule has 16 heavy (non-hydrogen) atoms. The van der Waals surface area contributed by atoms with Crippen molar-refractivity contribution in [2.24, 2.45) is 0 Å². The van der Waals surface area contributed by atoms with E-state index >= 15 is 0 Å². The number of hydrogen-bond acceptors (Lipinski definition) is 2. The van der Waals surface area contributed by atoms with E-state index < -0.39 is 0 Å². The fraction of sp³-hybridized carbons (Fsp3) is 0.429. The smallest absolute Gasteiger partial charge is 0.119 e. The molecule has 0 radical (unpaired) electrons. The molecule has 1 atom stereocenters. The molecule has 0 saturated carbocycles. The van der Waals surface area contributed by atoms with Crippen molar-refractivity contribution >= 4 is 0 Å². The minimum Gasteiger partial charge on any atom is -0.496 e. The van der Waals surface area contributed by atoms with Gasteiger partial charge in [0.15, 0.2) is 0 Å². The first-order chi connectivity index (χ1) is 7.53. The third-order valence-electron chi connectivity index (χ3n) is 2.26. The molecule has 0 amide bonds. The van der Waals surface area contributed by atoms with Crippen LogP contribution in [0.2, 0.25) is 0 Å². The molecule has 0 heterocycles. The van der Waals surface area contributed by atoms with E-state index in [0.717, 1.165) is 12.2 Å². The molecule has 0 saturated heterocycles. The second-order valence-corrected chi connectivity index (χ2v) is 4.49. The topological polar surface area (TPSA) is 18.5 Å². The van der Waals surface area contributed by atoms with Crippen molar-refractivity contribution in [1.29, 1.82) is 0 Å². The van der Waals surface area contributed by atoms with Gasteiger partial charge < -0.3 is 9.47 Å². The van der Waals surface area contributed by atoms with Crippen molar-refractivity contribution in [2.75, 3.05) is 0 Å². The highest BCUT2D eigenvalue weighted by Crippen LogP contribution is 2.20. The molecule has 2 heteroatoms. The Morgan fingerprint density at radius 3 is 2.50 bits per heavy atom. The van der Waals surface area contributed by atoms with Crippen molar-refractivity contribution in [3.63, 3.8) is 0 Å². The van der Waals surface area contributed by atoms with Crippen LogP contribution < -0.4 is 4.74 Å². The first kappa shape index (κ1) is 12.6. The maximum absolute atomic E-state index is 5.78. The number of rotatable bonds is 6. The molecule has 0 aromatic heterocycles. The quantitative estimate of drug-likeness (QED) is 0.679. The molecule has 1 aromatic carbocycles. The molecule has 0 aliphatic carbocycles. The van der Waals surface area contributed by atoms with Crippen LogP contribution in [0.3, 0.4) is 0 Å². The summed E-state index contributed by atoms with van der Waals surface area (Å²) < 4.78 is 11.2. The lowest BCUT2D eigenvalue weighted by Crippen LogP contribution is -2.29. The lowest BCUT2D eigenvalue weighted by Gasteiger charge is -2.27. The van der Waals surface area contributed by atoms with Crippen molar-refractivity contribution in [2.45, 2.75) is 38.9 Å². The van der Waals surface area contributed by atoms with Crippen molar-refractivity contribution in [3.8, 4) is 5.75 Å². The molecular weight excluding hydrogens is 200 g/mol. The van der Waals surface area contributed by atoms with E-state index in [1.165, 1.54) is 6.26 Å². The van der Waals surface area contributed by atoms with Gasteiger partial charge in [0.05, 0.1) is 12.4 Å². The lowest BCUT2D eigenvalue weighted by molar-refractivity contribution is 0.0175. The first-order valence-corrected chi connectivity index (χ1v) is 5.54. The van der Waals surface area contributed by atoms with Gasteiger partial charge in [-0.2, -0.15) is 0 Å². The second-order valence-electron chi connectivity index (χ2n) is 4.49. The van der Waals surface area contributed by atoms with Gasteiger partial charge in [-0.25, -0.2) is 0 Å². The van der Waals surface area contributed by atoms with Gasteiger partial charge in [0, 0.05) is 6.42 Å². The molecule has 0 N–H and O–H groups in total. The summed E-state index contributed by atoms with van der Waals surface area (Å²) in [4.78, 5) is 0. The predicted molar refractivity (Wildman–Crippen MR) is 66.5 cm³/mol. The summed E-state index contributed by atoms with van der Waals surface area (Å²) in [7, 11) is 0. The Kier molecular flexibility index (Phi) is 4.41. The van der Waals surface area contributed by atoms with E-state index in [1.54, 1.807) is 0 Å². The van der Waals surface area contributed by atoms with Crippen LogP contribution in [0.25, 0.3) is 0 Å². The van der Waals surface area contributed by atoms with E-state index in [-0.39, 0.29) is 11.7 Å². The highest BCUT2D eigenvalue weighted by Gasteiger charge is 2.22. The summed E-state index contributed by atoms with van der Waals surface area (Å²) in [5.74, 6) is 0.893. The summed E-state index contributed by atoms with van der Waals surface area (Å²) in [6, 6.07) is 9.82. The molecule has 0 bridgehead atoms. The van der Waals surface area contributed by atoms with E-state index in [9.17, 15) is 0 Å². The number of hydrogen-bond donors (Lipinski definition) is 0. The normalized spacial score (nSPS) is 12.9. The third kappa shape index (κ3) is 4.39. The van der Waals surface area contributed by atoms with E-state index in [1.807, 2.05) is 51.1 Å². The number of para-hydroxylation sites is 1. The van der Waals surface area contributed by atoms with Crippen LogP contribution in [0.1, 0.15) is 27.2 Å². The summed E-state index contributed by atoms with van der Waals surface area (Å²) in [5.41, 5.74) is -0.240. The highest BCUT2D eigenvalue weighted by atomic mass is 16.5. The van der Waals surface area contributed by atoms with Crippen LogP contribution in [0.4, 0.5) is 0 Å². The number of ether oxygens (including phenoxy) is 2. The van der Waals surface area contributed by atoms with Gasteiger partial charge in [0.2, 0.25) is 0 Å². The fourth-order valence-corrected chi connectivity index (χ4v) is 1.74. The largest absolute Gasteiger partial charge is 0.496 e. The van der Waals surface area contributed by atoms with Crippen LogP contribution >= 0.6 is 0 Å². The van der Waals surface area contributed by atoms with E-state index in [0.29, 0.717) is 0 Å². The van der Waals surface area contributed by atoms with Gasteiger partial charge in [0.1, 0.15) is 11.4 Å². The second kappa shape index (κ2) is 5.59. The maximum atomic E-state index is 5.78. The first-order valence-electron chi connectivity index (χ1n) is 5.54. The van der Waals surface area contributed by atoms with Crippen molar-refractivity contribution in [1.82, 2.24) is 0 Å². The molecule has 1 rings (SSSR count). The molecule has 0 fully saturated rings. The Bertz CT molecular complexity index is 317. The third-order valence-corrected chi connectivity index (χ3v) is 2.26. The zero-order valence-electron chi connectivity index (χ0n) is 10.3. The van der Waals surface area contributed by atoms with Crippen LogP contribution in [-0.2, 0) is 4.74 Å². The van der Waals surface area contributed by atoms with Gasteiger partial charge in [-0.15, -0.1) is 0 Å². The molecule has 0 aliphatic rings. The molecule has 2 nitrogen and oxygen atoms in total. The Labute approximate surface area is 97.9 Å². The van der Waals surface area contributed by atoms with Gasteiger partial charge in [0.25, 0.3) is 0 Å². The summed E-state index contributed by atoms with van der Waals surface area (Å²) >= 11 is 0. The Hall–Kier alpha value is -1.44. The summed E-state index contributed by atoms with van der Waals surface area (Å²) in [5, 5.41) is 0. The maximum Gasteiger partial charge on any atom is 0.119 e. The van der Waals surface area contributed by atoms with Crippen LogP contribution in [0, 0.1) is 0 Å². The van der Waals surface area contributed by atoms with Crippen molar-refractivity contribution in [3.05, 3.63) is 43.2 Å². The van der Waals surface area contributed by atoms with Crippen LogP contribution in [0.15, 0.2) is 43.2 Å². The lowest BCUT2D eigenvalue weighted by atomic mass is 10.0. The number of benzene rings is 1. The molecule has 0 aliphatic heterocycles. The van der Waals surface area contributed by atoms with E-state index in [2.05, 4.69) is 6.58 Å². The molecule has 0 unspecified atom stereocenters. The Morgan fingerprint density at radius 1 is 1.31 bits per heavy atom. The van der Waals surface area contributed by atoms with Gasteiger partial charge in [-0.3, -0.25) is 0 Å². The molecule has 0 spiro atoms. The summed E-state index contributed by atoms with van der Waals surface area (Å²) in [6.45, 7) is 9.67.